The summed E-state index contributed by atoms with van der Waals surface area (Å²) in [6, 6.07) is 9.77. The highest BCUT2D eigenvalue weighted by atomic mass is 35.5. The largest absolute Gasteiger partial charge is 0.496 e. The van der Waals surface area contributed by atoms with E-state index in [9.17, 15) is 9.90 Å². The minimum absolute atomic E-state index is 0.0741. The van der Waals surface area contributed by atoms with Gasteiger partial charge in [-0.3, -0.25) is 0 Å². The number of carbonyl (C=O) groups is 1. The van der Waals surface area contributed by atoms with Gasteiger partial charge in [0.1, 0.15) is 18.1 Å². The van der Waals surface area contributed by atoms with Crippen molar-refractivity contribution >= 4 is 23.3 Å². The number of methoxy groups -OCH3 is 2. The molecule has 7 heteroatoms. The Bertz CT molecular complexity index is 804. The first-order valence-electron chi connectivity index (χ1n) is 7.48. The lowest BCUT2D eigenvalue weighted by Crippen LogP contribution is -2.14. The molecule has 2 aromatic rings. The van der Waals surface area contributed by atoms with Gasteiger partial charge in [0.2, 0.25) is 0 Å². The fourth-order valence-electron chi connectivity index (χ4n) is 2.37. The molecular weight excluding hydrogens is 346 g/mol. The van der Waals surface area contributed by atoms with Crippen LogP contribution in [0.1, 0.15) is 28.4 Å². The fourth-order valence-corrected chi connectivity index (χ4v) is 2.60. The van der Waals surface area contributed by atoms with Gasteiger partial charge in [0.25, 0.3) is 0 Å². The maximum Gasteiger partial charge on any atom is 0.336 e. The van der Waals surface area contributed by atoms with Crippen LogP contribution in [0.25, 0.3) is 0 Å². The highest BCUT2D eigenvalue weighted by molar-refractivity contribution is 6.33. The second-order valence-corrected chi connectivity index (χ2v) is 5.27. The molecule has 1 N–H and O–H groups in total. The van der Waals surface area contributed by atoms with Crippen molar-refractivity contribution in [2.75, 3.05) is 20.8 Å². The number of hydrogen-bond donors (Lipinski definition) is 1. The Balaban J connectivity index is 2.82. The summed E-state index contributed by atoms with van der Waals surface area (Å²) in [5.74, 6) is -0.334. The summed E-state index contributed by atoms with van der Waals surface area (Å²) in [6.45, 7) is 2.08. The zero-order valence-corrected chi connectivity index (χ0v) is 14.8. The van der Waals surface area contributed by atoms with E-state index < -0.39 is 5.97 Å². The molecule has 0 spiro atoms. The second kappa shape index (κ2) is 8.39. The number of hydrogen-bond acceptors (Lipinski definition) is 5. The van der Waals surface area contributed by atoms with Crippen molar-refractivity contribution in [3.63, 3.8) is 0 Å². The molecule has 6 nitrogen and oxygen atoms in total. The van der Waals surface area contributed by atoms with Crippen LogP contribution in [0.4, 0.5) is 0 Å². The van der Waals surface area contributed by atoms with E-state index in [1.54, 1.807) is 37.3 Å². The highest BCUT2D eigenvalue weighted by Crippen LogP contribution is 2.37. The van der Waals surface area contributed by atoms with Crippen LogP contribution in [0, 0.1) is 0 Å². The Morgan fingerprint density at radius 3 is 2.36 bits per heavy atom. The Labute approximate surface area is 150 Å². The van der Waals surface area contributed by atoms with E-state index in [0.29, 0.717) is 34.3 Å². The Kier molecular flexibility index (Phi) is 6.25. The van der Waals surface area contributed by atoms with Gasteiger partial charge in [-0.15, -0.1) is 0 Å². The number of carboxylic acid groups (broad SMARTS) is 1. The maximum atomic E-state index is 11.6. The second-order valence-electron chi connectivity index (χ2n) is 4.87. The standard InChI is InChI=1S/C18H18ClNO5/c1-4-25-20-16(11-7-5-6-8-12(11)18(21)22)15-14(23-2)10-9-13(19)17(15)24-3/h5-10H,4H2,1-3H3,(H,21,22)/b20-16+. The third kappa shape index (κ3) is 3.85. The molecule has 0 bridgehead atoms. The molecule has 0 aliphatic heterocycles. The maximum absolute atomic E-state index is 11.6. The van der Waals surface area contributed by atoms with Gasteiger partial charge in [0, 0.05) is 5.56 Å². The van der Waals surface area contributed by atoms with Crippen LogP contribution in [0.5, 0.6) is 11.5 Å². The lowest BCUT2D eigenvalue weighted by Gasteiger charge is -2.17. The highest BCUT2D eigenvalue weighted by Gasteiger charge is 2.25. The van der Waals surface area contributed by atoms with Gasteiger partial charge in [-0.1, -0.05) is 35.0 Å². The molecule has 0 saturated carbocycles. The summed E-state index contributed by atoms with van der Waals surface area (Å²) in [7, 11) is 2.96. The van der Waals surface area contributed by atoms with Crippen LogP contribution in [0.3, 0.4) is 0 Å². The molecular formula is C18H18ClNO5. The van der Waals surface area contributed by atoms with Gasteiger partial charge in [-0.25, -0.2) is 4.79 Å². The molecule has 0 aliphatic rings. The van der Waals surface area contributed by atoms with Gasteiger partial charge >= 0.3 is 5.97 Å². The molecule has 132 valence electrons. The Hall–Kier alpha value is -2.73. The molecule has 0 amide bonds. The van der Waals surface area contributed by atoms with E-state index >= 15 is 0 Å². The van der Waals surface area contributed by atoms with E-state index in [1.165, 1.54) is 20.3 Å². The number of aromatic carboxylic acids is 1. The van der Waals surface area contributed by atoms with E-state index in [1.807, 2.05) is 0 Å². The number of halogens is 1. The topological polar surface area (TPSA) is 77.4 Å². The summed E-state index contributed by atoms with van der Waals surface area (Å²) in [5.41, 5.74) is 1.11. The van der Waals surface area contributed by atoms with Crippen molar-refractivity contribution < 1.29 is 24.2 Å². The SMILES string of the molecule is CCO/N=C(\c1ccccc1C(=O)O)c1c(OC)ccc(Cl)c1OC. The molecule has 0 radical (unpaired) electrons. The smallest absolute Gasteiger partial charge is 0.336 e. The first kappa shape index (κ1) is 18.6. The van der Waals surface area contributed by atoms with Crippen molar-refractivity contribution in [1.82, 2.24) is 0 Å². The molecule has 2 aromatic carbocycles. The Morgan fingerprint density at radius 2 is 1.80 bits per heavy atom. The normalized spacial score (nSPS) is 11.1. The average molecular weight is 364 g/mol. The van der Waals surface area contributed by atoms with Crippen molar-refractivity contribution in [2.45, 2.75) is 6.92 Å². The molecule has 0 fully saturated rings. The van der Waals surface area contributed by atoms with Crippen LogP contribution in [0.2, 0.25) is 5.02 Å². The van der Waals surface area contributed by atoms with Crippen molar-refractivity contribution in [3.8, 4) is 11.5 Å². The molecule has 25 heavy (non-hydrogen) atoms. The van der Waals surface area contributed by atoms with Gasteiger partial charge in [0.05, 0.1) is 30.4 Å². The van der Waals surface area contributed by atoms with Crippen molar-refractivity contribution in [3.05, 3.63) is 58.1 Å². The first-order valence-corrected chi connectivity index (χ1v) is 7.86. The van der Waals surface area contributed by atoms with Crippen LogP contribution in [0.15, 0.2) is 41.6 Å². The quantitative estimate of drug-likeness (QED) is 0.597. The number of carboxylic acids is 1. The number of nitrogens with zero attached hydrogens (tertiary/aromatic N) is 1. The monoisotopic (exact) mass is 363 g/mol. The number of rotatable bonds is 7. The predicted molar refractivity (Wildman–Crippen MR) is 95.2 cm³/mol. The van der Waals surface area contributed by atoms with E-state index in [2.05, 4.69) is 5.16 Å². The van der Waals surface area contributed by atoms with Gasteiger partial charge in [-0.2, -0.15) is 0 Å². The summed E-state index contributed by atoms with van der Waals surface area (Å²) in [5, 5.41) is 14.0. The molecule has 0 atom stereocenters. The summed E-state index contributed by atoms with van der Waals surface area (Å²) < 4.78 is 10.8. The van der Waals surface area contributed by atoms with Gasteiger partial charge < -0.3 is 19.4 Å². The molecule has 0 unspecified atom stereocenters. The van der Waals surface area contributed by atoms with Gasteiger partial charge in [0.15, 0.2) is 5.75 Å². The third-order valence-corrected chi connectivity index (χ3v) is 3.73. The number of benzene rings is 2. The lowest BCUT2D eigenvalue weighted by atomic mass is 9.96. The Morgan fingerprint density at radius 1 is 1.12 bits per heavy atom. The summed E-state index contributed by atoms with van der Waals surface area (Å²) in [6.07, 6.45) is 0. The van der Waals surface area contributed by atoms with Crippen LogP contribution >= 0.6 is 11.6 Å². The van der Waals surface area contributed by atoms with E-state index in [0.717, 1.165) is 0 Å². The molecule has 0 aliphatic carbocycles. The zero-order chi connectivity index (χ0) is 18.4. The minimum Gasteiger partial charge on any atom is -0.496 e. The summed E-state index contributed by atoms with van der Waals surface area (Å²) in [4.78, 5) is 16.8. The van der Waals surface area contributed by atoms with Gasteiger partial charge in [-0.05, 0) is 25.1 Å². The third-order valence-electron chi connectivity index (χ3n) is 3.43. The molecule has 0 heterocycles. The number of ether oxygens (including phenoxy) is 2. The predicted octanol–water partition coefficient (Wildman–Crippen LogP) is 3.84. The minimum atomic E-state index is -1.08. The molecule has 2 rings (SSSR count). The van der Waals surface area contributed by atoms with E-state index in [-0.39, 0.29) is 11.3 Å². The summed E-state index contributed by atoms with van der Waals surface area (Å²) >= 11 is 6.23. The van der Waals surface area contributed by atoms with Crippen molar-refractivity contribution in [2.24, 2.45) is 5.16 Å². The van der Waals surface area contributed by atoms with E-state index in [4.69, 9.17) is 25.9 Å². The molecule has 0 aromatic heterocycles. The van der Waals surface area contributed by atoms with Crippen molar-refractivity contribution in [1.29, 1.82) is 0 Å². The van der Waals surface area contributed by atoms with Crippen LogP contribution in [-0.2, 0) is 4.84 Å². The zero-order valence-electron chi connectivity index (χ0n) is 14.1. The first-order chi connectivity index (χ1) is 12.0. The lowest BCUT2D eigenvalue weighted by molar-refractivity contribution is 0.0696. The fraction of sp³-hybridized carbons (Fsp3) is 0.222. The van der Waals surface area contributed by atoms with Crippen LogP contribution in [-0.4, -0.2) is 37.6 Å². The van der Waals surface area contributed by atoms with Crippen LogP contribution < -0.4 is 9.47 Å². The molecule has 0 saturated heterocycles. The average Bonchev–Trinajstić information content (AvgIpc) is 2.62. The number of oxime groups is 1.